The fourth-order valence-corrected chi connectivity index (χ4v) is 4.40. The number of carboxylic acids is 1. The first-order valence-corrected chi connectivity index (χ1v) is 10.6. The largest absolute Gasteiger partial charge is 0.479 e. The maximum atomic E-state index is 12.7. The standard InChI is InChI=1S/C24H26N2O6/c1-31-20(21(27)28)13-25-22(29)24(11-6-12-24)26-23(30)32-14-19-17-9-4-2-7-15(17)16-8-3-5-10-18(16)19/h2-5,7-10,19-20H,6,11-14H2,1H3,(H,25,29)(H,26,30)(H,27,28). The lowest BCUT2D eigenvalue weighted by molar-refractivity contribution is -0.148. The van der Waals surface area contributed by atoms with E-state index in [9.17, 15) is 14.4 Å². The maximum absolute atomic E-state index is 12.7. The van der Waals surface area contributed by atoms with Gasteiger partial charge in [-0.3, -0.25) is 4.79 Å². The van der Waals surface area contributed by atoms with Crippen molar-refractivity contribution in [3.05, 3.63) is 59.7 Å². The number of benzene rings is 2. The average molecular weight is 438 g/mol. The predicted molar refractivity (Wildman–Crippen MR) is 116 cm³/mol. The van der Waals surface area contributed by atoms with Gasteiger partial charge in [0, 0.05) is 13.0 Å². The van der Waals surface area contributed by atoms with Crippen LogP contribution in [0.1, 0.15) is 36.3 Å². The molecule has 1 saturated carbocycles. The number of nitrogens with one attached hydrogen (secondary N) is 2. The summed E-state index contributed by atoms with van der Waals surface area (Å²) in [6, 6.07) is 16.1. The lowest BCUT2D eigenvalue weighted by atomic mass is 9.76. The number of amides is 2. The van der Waals surface area contributed by atoms with E-state index >= 15 is 0 Å². The number of methoxy groups -OCH3 is 1. The number of carbonyl (C=O) groups is 3. The zero-order chi connectivity index (χ0) is 22.7. The van der Waals surface area contributed by atoms with Gasteiger partial charge in [-0.25, -0.2) is 9.59 Å². The zero-order valence-corrected chi connectivity index (χ0v) is 17.8. The molecule has 2 aromatic rings. The molecule has 168 valence electrons. The zero-order valence-electron chi connectivity index (χ0n) is 17.8. The molecule has 32 heavy (non-hydrogen) atoms. The molecule has 0 saturated heterocycles. The molecular weight excluding hydrogens is 412 g/mol. The Bertz CT molecular complexity index is 987. The molecule has 1 atom stereocenters. The lowest BCUT2D eigenvalue weighted by Crippen LogP contribution is -2.63. The van der Waals surface area contributed by atoms with E-state index in [0.29, 0.717) is 12.8 Å². The highest BCUT2D eigenvalue weighted by molar-refractivity contribution is 5.91. The van der Waals surface area contributed by atoms with E-state index in [-0.39, 0.29) is 19.1 Å². The molecule has 2 aromatic carbocycles. The van der Waals surface area contributed by atoms with Gasteiger partial charge in [0.05, 0.1) is 6.54 Å². The molecule has 0 radical (unpaired) electrons. The molecule has 2 amide bonds. The Morgan fingerprint density at radius 3 is 2.16 bits per heavy atom. The Labute approximate surface area is 185 Å². The minimum absolute atomic E-state index is 0.0719. The molecule has 2 aliphatic rings. The number of rotatable bonds is 8. The van der Waals surface area contributed by atoms with Crippen LogP contribution in [-0.4, -0.2) is 55.0 Å². The fourth-order valence-electron chi connectivity index (χ4n) is 4.40. The minimum Gasteiger partial charge on any atom is -0.479 e. The van der Waals surface area contributed by atoms with Gasteiger partial charge in [-0.1, -0.05) is 48.5 Å². The van der Waals surface area contributed by atoms with Crippen molar-refractivity contribution in [1.82, 2.24) is 10.6 Å². The summed E-state index contributed by atoms with van der Waals surface area (Å²) in [5.74, 6) is -1.67. The molecule has 0 spiro atoms. The summed E-state index contributed by atoms with van der Waals surface area (Å²) in [6.07, 6.45) is -0.0978. The van der Waals surface area contributed by atoms with E-state index in [2.05, 4.69) is 22.8 Å². The monoisotopic (exact) mass is 438 g/mol. The Balaban J connectivity index is 1.38. The number of alkyl carbamates (subject to hydrolysis) is 1. The van der Waals surface area contributed by atoms with Crippen LogP contribution < -0.4 is 10.6 Å². The molecule has 0 aliphatic heterocycles. The van der Waals surface area contributed by atoms with E-state index in [1.165, 1.54) is 7.11 Å². The normalized spacial score (nSPS) is 16.8. The van der Waals surface area contributed by atoms with Gasteiger partial charge >= 0.3 is 12.1 Å². The molecule has 1 unspecified atom stereocenters. The third kappa shape index (κ3) is 4.05. The Morgan fingerprint density at radius 1 is 1.06 bits per heavy atom. The molecule has 0 aromatic heterocycles. The van der Waals surface area contributed by atoms with Gasteiger partial charge in [-0.15, -0.1) is 0 Å². The van der Waals surface area contributed by atoms with Crippen LogP contribution in [0.3, 0.4) is 0 Å². The summed E-state index contributed by atoms with van der Waals surface area (Å²) >= 11 is 0. The van der Waals surface area contributed by atoms with Gasteiger partial charge in [0.2, 0.25) is 5.91 Å². The van der Waals surface area contributed by atoms with Crippen molar-refractivity contribution in [2.75, 3.05) is 20.3 Å². The Hall–Kier alpha value is -3.39. The second-order valence-corrected chi connectivity index (χ2v) is 8.16. The van der Waals surface area contributed by atoms with Crippen LogP contribution >= 0.6 is 0 Å². The summed E-state index contributed by atoms with van der Waals surface area (Å²) in [4.78, 5) is 36.4. The van der Waals surface area contributed by atoms with Crippen LogP contribution in [0.25, 0.3) is 11.1 Å². The molecule has 0 bridgehead atoms. The van der Waals surface area contributed by atoms with Gasteiger partial charge in [0.1, 0.15) is 12.1 Å². The number of carbonyl (C=O) groups excluding carboxylic acids is 2. The van der Waals surface area contributed by atoms with E-state index in [1.807, 2.05) is 36.4 Å². The fraction of sp³-hybridized carbons (Fsp3) is 0.375. The van der Waals surface area contributed by atoms with Crippen LogP contribution in [-0.2, 0) is 19.1 Å². The summed E-state index contributed by atoms with van der Waals surface area (Å²) in [6.45, 7) is -0.0267. The Kier molecular flexibility index (Phi) is 6.14. The number of ether oxygens (including phenoxy) is 2. The van der Waals surface area contributed by atoms with E-state index in [0.717, 1.165) is 28.7 Å². The van der Waals surface area contributed by atoms with Crippen molar-refractivity contribution in [3.8, 4) is 11.1 Å². The summed E-state index contributed by atoms with van der Waals surface area (Å²) in [5.41, 5.74) is 3.41. The molecule has 1 fully saturated rings. The first-order chi connectivity index (χ1) is 15.4. The van der Waals surface area contributed by atoms with Crippen molar-refractivity contribution in [3.63, 3.8) is 0 Å². The second kappa shape index (κ2) is 9.00. The Morgan fingerprint density at radius 2 is 1.66 bits per heavy atom. The molecular formula is C24H26N2O6. The highest BCUT2D eigenvalue weighted by Crippen LogP contribution is 2.44. The predicted octanol–water partition coefficient (Wildman–Crippen LogP) is 2.66. The highest BCUT2D eigenvalue weighted by atomic mass is 16.5. The number of carboxylic acid groups (broad SMARTS) is 1. The smallest absolute Gasteiger partial charge is 0.408 e. The second-order valence-electron chi connectivity index (χ2n) is 8.16. The number of fused-ring (bicyclic) bond motifs is 3. The first-order valence-electron chi connectivity index (χ1n) is 10.6. The number of aliphatic carboxylic acids is 1. The van der Waals surface area contributed by atoms with Crippen LogP contribution in [0.15, 0.2) is 48.5 Å². The number of hydrogen-bond donors (Lipinski definition) is 3. The first kappa shape index (κ1) is 21.8. The maximum Gasteiger partial charge on any atom is 0.408 e. The van der Waals surface area contributed by atoms with Gasteiger partial charge in [-0.05, 0) is 41.5 Å². The van der Waals surface area contributed by atoms with Crippen molar-refractivity contribution in [2.24, 2.45) is 0 Å². The summed E-state index contributed by atoms with van der Waals surface area (Å²) < 4.78 is 10.4. The SMILES string of the molecule is COC(CNC(=O)C1(NC(=O)OCC2c3ccccc3-c3ccccc32)CCC1)C(=O)O. The van der Waals surface area contributed by atoms with E-state index < -0.39 is 29.6 Å². The molecule has 2 aliphatic carbocycles. The van der Waals surface area contributed by atoms with Gasteiger partial charge in [0.15, 0.2) is 6.10 Å². The van der Waals surface area contributed by atoms with Crippen molar-refractivity contribution < 1.29 is 29.0 Å². The number of hydrogen-bond acceptors (Lipinski definition) is 5. The molecule has 3 N–H and O–H groups in total. The average Bonchev–Trinajstić information content (AvgIpc) is 3.08. The van der Waals surface area contributed by atoms with E-state index in [4.69, 9.17) is 14.6 Å². The molecule has 8 heteroatoms. The van der Waals surface area contributed by atoms with Crippen LogP contribution in [0, 0.1) is 0 Å². The van der Waals surface area contributed by atoms with E-state index in [1.54, 1.807) is 0 Å². The van der Waals surface area contributed by atoms with Gasteiger partial charge in [-0.2, -0.15) is 0 Å². The van der Waals surface area contributed by atoms with Crippen molar-refractivity contribution in [1.29, 1.82) is 0 Å². The van der Waals surface area contributed by atoms with Crippen molar-refractivity contribution >= 4 is 18.0 Å². The van der Waals surface area contributed by atoms with Crippen LogP contribution in [0.2, 0.25) is 0 Å². The lowest BCUT2D eigenvalue weighted by Gasteiger charge is -2.40. The summed E-state index contributed by atoms with van der Waals surface area (Å²) in [7, 11) is 1.26. The van der Waals surface area contributed by atoms with Crippen molar-refractivity contribution in [2.45, 2.75) is 36.8 Å². The topological polar surface area (TPSA) is 114 Å². The molecule has 4 rings (SSSR count). The molecule has 0 heterocycles. The molecule has 8 nitrogen and oxygen atoms in total. The van der Waals surface area contributed by atoms with Crippen LogP contribution in [0.4, 0.5) is 4.79 Å². The minimum atomic E-state index is -1.17. The third-order valence-electron chi connectivity index (χ3n) is 6.33. The van der Waals surface area contributed by atoms with Gasteiger partial charge in [0.25, 0.3) is 0 Å². The van der Waals surface area contributed by atoms with Crippen LogP contribution in [0.5, 0.6) is 0 Å². The quantitative estimate of drug-likeness (QED) is 0.584. The highest BCUT2D eigenvalue weighted by Gasteiger charge is 2.46. The summed E-state index contributed by atoms with van der Waals surface area (Å²) in [5, 5.41) is 14.3. The third-order valence-corrected chi connectivity index (χ3v) is 6.33. The van der Waals surface area contributed by atoms with Gasteiger partial charge < -0.3 is 25.2 Å².